The van der Waals surface area contributed by atoms with E-state index in [-0.39, 0.29) is 17.7 Å². The Hall–Kier alpha value is -2.27. The van der Waals surface area contributed by atoms with Crippen molar-refractivity contribution in [2.75, 3.05) is 18.1 Å². The molecule has 0 bridgehead atoms. The highest BCUT2D eigenvalue weighted by molar-refractivity contribution is 7.88. The molecule has 1 N–H and O–H groups in total. The van der Waals surface area contributed by atoms with Crippen LogP contribution in [0.1, 0.15) is 19.3 Å². The number of hydrogen-bond acceptors (Lipinski definition) is 8. The summed E-state index contributed by atoms with van der Waals surface area (Å²) in [4.78, 5) is 12.3. The maximum absolute atomic E-state index is 12.3. The third-order valence-electron chi connectivity index (χ3n) is 3.49. The van der Waals surface area contributed by atoms with Crippen molar-refractivity contribution < 1.29 is 22.2 Å². The summed E-state index contributed by atoms with van der Waals surface area (Å²) in [6.45, 7) is 0.323. The molecule has 1 unspecified atom stereocenters. The van der Waals surface area contributed by atoms with Gasteiger partial charge in [-0.2, -0.15) is 4.31 Å². The number of anilines is 1. The van der Waals surface area contributed by atoms with Crippen LogP contribution in [0.3, 0.4) is 0 Å². The standard InChI is InChI=1S/C12H15N5O5S/c1-23(19,20)17-7-3-2-4-8(17)10(18)14-12-16-15-11(21-12)9-5-6-13-22-9/h5-6,8H,2-4,7H2,1H3,(H,14,16,18). The highest BCUT2D eigenvalue weighted by atomic mass is 32.2. The predicted octanol–water partition coefficient (Wildman–Crippen LogP) is 0.477. The number of aromatic nitrogens is 3. The lowest BCUT2D eigenvalue weighted by atomic mass is 10.0. The van der Waals surface area contributed by atoms with Crippen molar-refractivity contribution in [3.63, 3.8) is 0 Å². The van der Waals surface area contributed by atoms with Gasteiger partial charge in [0.05, 0.1) is 12.5 Å². The quantitative estimate of drug-likeness (QED) is 0.849. The monoisotopic (exact) mass is 341 g/mol. The van der Waals surface area contributed by atoms with Crippen LogP contribution in [0.25, 0.3) is 11.7 Å². The van der Waals surface area contributed by atoms with Gasteiger partial charge in [-0.1, -0.05) is 16.7 Å². The van der Waals surface area contributed by atoms with Gasteiger partial charge in [-0.3, -0.25) is 10.1 Å². The topological polar surface area (TPSA) is 131 Å². The average Bonchev–Trinajstić information content (AvgIpc) is 3.17. The third-order valence-corrected chi connectivity index (χ3v) is 4.78. The molecule has 2 aromatic heterocycles. The van der Waals surface area contributed by atoms with Crippen molar-refractivity contribution in [3.8, 4) is 11.7 Å². The molecule has 124 valence electrons. The summed E-state index contributed by atoms with van der Waals surface area (Å²) < 4.78 is 34.9. The first kappa shape index (κ1) is 15.6. The van der Waals surface area contributed by atoms with E-state index in [1.54, 1.807) is 0 Å². The van der Waals surface area contributed by atoms with Gasteiger partial charge in [0, 0.05) is 12.6 Å². The lowest BCUT2D eigenvalue weighted by Crippen LogP contribution is -2.49. The van der Waals surface area contributed by atoms with Gasteiger partial charge >= 0.3 is 6.01 Å². The van der Waals surface area contributed by atoms with Crippen LogP contribution in [-0.4, -0.2) is 52.8 Å². The number of nitrogens with zero attached hydrogens (tertiary/aromatic N) is 4. The van der Waals surface area contributed by atoms with Crippen molar-refractivity contribution in [3.05, 3.63) is 12.3 Å². The zero-order valence-electron chi connectivity index (χ0n) is 12.3. The lowest BCUT2D eigenvalue weighted by Gasteiger charge is -2.32. The van der Waals surface area contributed by atoms with Gasteiger partial charge < -0.3 is 8.94 Å². The molecule has 11 heteroatoms. The van der Waals surface area contributed by atoms with Crippen LogP contribution in [-0.2, 0) is 14.8 Å². The van der Waals surface area contributed by atoms with Crippen LogP contribution in [0, 0.1) is 0 Å². The summed E-state index contributed by atoms with van der Waals surface area (Å²) >= 11 is 0. The third kappa shape index (κ3) is 3.40. The van der Waals surface area contributed by atoms with Crippen LogP contribution < -0.4 is 5.32 Å². The van der Waals surface area contributed by atoms with E-state index in [0.717, 1.165) is 19.1 Å². The van der Waals surface area contributed by atoms with Crippen molar-refractivity contribution in [2.24, 2.45) is 0 Å². The Balaban J connectivity index is 1.73. The molecule has 1 atom stereocenters. The molecule has 0 aliphatic carbocycles. The van der Waals surface area contributed by atoms with Crippen LogP contribution in [0.5, 0.6) is 0 Å². The minimum atomic E-state index is -3.46. The molecular weight excluding hydrogens is 326 g/mol. The summed E-state index contributed by atoms with van der Waals surface area (Å²) in [7, 11) is -3.46. The van der Waals surface area contributed by atoms with Crippen LogP contribution in [0.2, 0.25) is 0 Å². The Morgan fingerprint density at radius 1 is 1.39 bits per heavy atom. The fourth-order valence-electron chi connectivity index (χ4n) is 2.45. The lowest BCUT2D eigenvalue weighted by molar-refractivity contribution is -0.120. The Morgan fingerprint density at radius 2 is 2.22 bits per heavy atom. The van der Waals surface area contributed by atoms with E-state index in [4.69, 9.17) is 8.94 Å². The molecule has 23 heavy (non-hydrogen) atoms. The average molecular weight is 341 g/mol. The maximum atomic E-state index is 12.3. The molecule has 1 fully saturated rings. The Labute approximate surface area is 131 Å². The molecule has 0 radical (unpaired) electrons. The molecule has 1 aliphatic heterocycles. The number of carbonyl (C=O) groups is 1. The number of piperidine rings is 1. The largest absolute Gasteiger partial charge is 0.400 e. The summed E-state index contributed by atoms with van der Waals surface area (Å²) in [6.07, 6.45) is 4.46. The molecule has 2 aromatic rings. The van der Waals surface area contributed by atoms with Crippen molar-refractivity contribution in [2.45, 2.75) is 25.3 Å². The molecular formula is C12H15N5O5S. The van der Waals surface area contributed by atoms with Gasteiger partial charge in [0.25, 0.3) is 5.89 Å². The highest BCUT2D eigenvalue weighted by Gasteiger charge is 2.35. The first-order valence-electron chi connectivity index (χ1n) is 6.97. The summed E-state index contributed by atoms with van der Waals surface area (Å²) in [5.41, 5.74) is 0. The summed E-state index contributed by atoms with van der Waals surface area (Å²) in [5, 5.41) is 13.4. The van der Waals surface area contributed by atoms with E-state index >= 15 is 0 Å². The number of nitrogens with one attached hydrogen (secondary N) is 1. The van der Waals surface area contributed by atoms with Crippen LogP contribution >= 0.6 is 0 Å². The van der Waals surface area contributed by atoms with E-state index in [9.17, 15) is 13.2 Å². The smallest absolute Gasteiger partial charge is 0.322 e. The second-order valence-electron chi connectivity index (χ2n) is 5.16. The molecule has 1 amide bonds. The highest BCUT2D eigenvalue weighted by Crippen LogP contribution is 2.22. The number of carbonyl (C=O) groups excluding carboxylic acids is 1. The van der Waals surface area contributed by atoms with Gasteiger partial charge in [0.15, 0.2) is 0 Å². The molecule has 0 aromatic carbocycles. The normalized spacial score (nSPS) is 19.6. The van der Waals surface area contributed by atoms with Gasteiger partial charge in [-0.15, -0.1) is 5.10 Å². The van der Waals surface area contributed by atoms with Crippen LogP contribution in [0.15, 0.2) is 21.2 Å². The number of amides is 1. The summed E-state index contributed by atoms with van der Waals surface area (Å²) in [6, 6.07) is 0.630. The zero-order valence-corrected chi connectivity index (χ0v) is 13.1. The first-order valence-corrected chi connectivity index (χ1v) is 8.82. The number of sulfonamides is 1. The molecule has 3 rings (SSSR count). The fourth-order valence-corrected chi connectivity index (χ4v) is 3.58. The molecule has 10 nitrogen and oxygen atoms in total. The molecule has 1 aliphatic rings. The first-order chi connectivity index (χ1) is 10.9. The zero-order chi connectivity index (χ0) is 16.4. The van der Waals surface area contributed by atoms with E-state index in [2.05, 4.69) is 20.7 Å². The van der Waals surface area contributed by atoms with Crippen molar-refractivity contribution in [1.82, 2.24) is 19.7 Å². The minimum Gasteiger partial charge on any atom is -0.400 e. The van der Waals surface area contributed by atoms with Crippen molar-refractivity contribution in [1.29, 1.82) is 0 Å². The van der Waals surface area contributed by atoms with Gasteiger partial charge in [0.1, 0.15) is 6.04 Å². The molecule has 0 spiro atoms. The van der Waals surface area contributed by atoms with E-state index in [1.807, 2.05) is 0 Å². The van der Waals surface area contributed by atoms with E-state index in [0.29, 0.717) is 13.0 Å². The Kier molecular flexibility index (Phi) is 4.13. The second kappa shape index (κ2) is 6.08. The minimum absolute atomic E-state index is 0.0708. The molecule has 3 heterocycles. The van der Waals surface area contributed by atoms with E-state index < -0.39 is 22.0 Å². The molecule has 1 saturated heterocycles. The predicted molar refractivity (Wildman–Crippen MR) is 77.6 cm³/mol. The van der Waals surface area contributed by atoms with E-state index in [1.165, 1.54) is 16.6 Å². The SMILES string of the molecule is CS(=O)(=O)N1CCCCC1C(=O)Nc1nnc(-c2ccno2)o1. The Bertz CT molecular complexity index is 785. The van der Waals surface area contributed by atoms with Crippen LogP contribution in [0.4, 0.5) is 6.01 Å². The number of rotatable bonds is 4. The fraction of sp³-hybridized carbons (Fsp3) is 0.500. The number of hydrogen-bond donors (Lipinski definition) is 1. The van der Waals surface area contributed by atoms with Crippen molar-refractivity contribution >= 4 is 21.9 Å². The summed E-state index contributed by atoms with van der Waals surface area (Å²) in [5.74, 6) is -0.155. The maximum Gasteiger partial charge on any atom is 0.322 e. The van der Waals surface area contributed by atoms with Gasteiger partial charge in [-0.25, -0.2) is 8.42 Å². The van der Waals surface area contributed by atoms with Gasteiger partial charge in [-0.05, 0) is 12.8 Å². The Morgan fingerprint density at radius 3 is 2.91 bits per heavy atom. The second-order valence-corrected chi connectivity index (χ2v) is 7.10. The van der Waals surface area contributed by atoms with Gasteiger partial charge in [0.2, 0.25) is 21.7 Å². The molecule has 0 saturated carbocycles.